The summed E-state index contributed by atoms with van der Waals surface area (Å²) in [5.74, 6) is -0.237. The lowest BCUT2D eigenvalue weighted by Gasteiger charge is -2.13. The number of pyridine rings is 1. The molecule has 0 atom stereocenters. The summed E-state index contributed by atoms with van der Waals surface area (Å²) in [7, 11) is 0. The van der Waals surface area contributed by atoms with Crippen LogP contribution in [-0.4, -0.2) is 10.5 Å². The highest BCUT2D eigenvalue weighted by atomic mass is 16.2. The Labute approximate surface area is 134 Å². The third-order valence-electron chi connectivity index (χ3n) is 3.86. The molecule has 3 aromatic rings. The summed E-state index contributed by atoms with van der Waals surface area (Å²) in [6.07, 6.45) is 0. The van der Waals surface area contributed by atoms with Crippen molar-refractivity contribution in [3.63, 3.8) is 0 Å². The third-order valence-corrected chi connectivity index (χ3v) is 3.86. The molecule has 0 saturated carbocycles. The van der Waals surface area contributed by atoms with Crippen LogP contribution in [0.1, 0.15) is 23.0 Å². The van der Waals surface area contributed by atoms with Gasteiger partial charge < -0.3 is 9.88 Å². The van der Waals surface area contributed by atoms with Crippen LogP contribution in [0.5, 0.6) is 0 Å². The number of nitrogens with one attached hydrogen (secondary N) is 1. The van der Waals surface area contributed by atoms with Gasteiger partial charge in [0.1, 0.15) is 5.69 Å². The van der Waals surface area contributed by atoms with Crippen molar-refractivity contribution in [2.24, 2.45) is 0 Å². The number of hydrogen-bond acceptors (Lipinski definition) is 2. The molecule has 0 radical (unpaired) electrons. The average molecular weight is 306 g/mol. The van der Waals surface area contributed by atoms with E-state index in [1.165, 1.54) is 4.57 Å². The standard InChI is InChI=1S/C19H18N2O2/c1-2-21-17(12-15-10-6-7-11-16(15)19(21)23)18(22)20-13-14-8-4-3-5-9-14/h3-12H,2,13H2,1H3,(H,20,22). The Balaban J connectivity index is 1.95. The predicted octanol–water partition coefficient (Wildman–Crippen LogP) is 2.95. The largest absolute Gasteiger partial charge is 0.347 e. The van der Waals surface area contributed by atoms with Gasteiger partial charge >= 0.3 is 0 Å². The number of nitrogens with zero attached hydrogens (tertiary/aromatic N) is 1. The lowest BCUT2D eigenvalue weighted by atomic mass is 10.1. The van der Waals surface area contributed by atoms with Crippen LogP contribution in [0.4, 0.5) is 0 Å². The van der Waals surface area contributed by atoms with Gasteiger partial charge in [-0.1, -0.05) is 48.5 Å². The summed E-state index contributed by atoms with van der Waals surface area (Å²) in [6.45, 7) is 2.76. The number of fused-ring (bicyclic) bond motifs is 1. The molecule has 1 amide bonds. The zero-order valence-corrected chi connectivity index (χ0v) is 13.0. The van der Waals surface area contributed by atoms with E-state index in [9.17, 15) is 9.59 Å². The Hall–Kier alpha value is -2.88. The Morgan fingerprint density at radius 1 is 1.04 bits per heavy atom. The number of benzene rings is 2. The second-order valence-electron chi connectivity index (χ2n) is 5.33. The topological polar surface area (TPSA) is 51.1 Å². The molecule has 0 spiro atoms. The number of carbonyl (C=O) groups is 1. The molecule has 0 fully saturated rings. The van der Waals surface area contributed by atoms with Gasteiger partial charge in [0.05, 0.1) is 0 Å². The number of aromatic nitrogens is 1. The Morgan fingerprint density at radius 2 is 1.74 bits per heavy atom. The van der Waals surface area contributed by atoms with Crippen molar-refractivity contribution in [2.75, 3.05) is 0 Å². The zero-order valence-electron chi connectivity index (χ0n) is 13.0. The van der Waals surface area contributed by atoms with E-state index in [4.69, 9.17) is 0 Å². The van der Waals surface area contributed by atoms with E-state index in [0.29, 0.717) is 24.2 Å². The molecule has 4 heteroatoms. The highest BCUT2D eigenvalue weighted by molar-refractivity contribution is 5.96. The van der Waals surface area contributed by atoms with Gasteiger partial charge in [-0.15, -0.1) is 0 Å². The highest BCUT2D eigenvalue weighted by Gasteiger charge is 2.14. The zero-order chi connectivity index (χ0) is 16.2. The van der Waals surface area contributed by atoms with Crippen LogP contribution < -0.4 is 10.9 Å². The Bertz CT molecular complexity index is 898. The van der Waals surface area contributed by atoms with Crippen LogP contribution in [0.15, 0.2) is 65.5 Å². The molecular weight excluding hydrogens is 288 g/mol. The quantitative estimate of drug-likeness (QED) is 0.805. The van der Waals surface area contributed by atoms with E-state index in [1.54, 1.807) is 12.1 Å². The maximum atomic E-state index is 12.5. The van der Waals surface area contributed by atoms with Gasteiger partial charge in [0.15, 0.2) is 0 Å². The first-order chi connectivity index (χ1) is 11.2. The minimum absolute atomic E-state index is 0.129. The summed E-state index contributed by atoms with van der Waals surface area (Å²) in [5, 5.41) is 4.30. The van der Waals surface area contributed by atoms with Crippen molar-refractivity contribution in [3.05, 3.63) is 82.3 Å². The summed E-state index contributed by atoms with van der Waals surface area (Å²) < 4.78 is 1.52. The Morgan fingerprint density at radius 3 is 2.48 bits per heavy atom. The second-order valence-corrected chi connectivity index (χ2v) is 5.33. The molecule has 1 N–H and O–H groups in total. The van der Waals surface area contributed by atoms with Gasteiger partial charge in [0.25, 0.3) is 11.5 Å². The van der Waals surface area contributed by atoms with E-state index >= 15 is 0 Å². The Kier molecular flexibility index (Phi) is 4.24. The molecule has 1 heterocycles. The monoisotopic (exact) mass is 306 g/mol. The smallest absolute Gasteiger partial charge is 0.268 e. The lowest BCUT2D eigenvalue weighted by Crippen LogP contribution is -2.31. The molecule has 116 valence electrons. The minimum atomic E-state index is -0.237. The third kappa shape index (κ3) is 3.01. The number of hydrogen-bond donors (Lipinski definition) is 1. The normalized spacial score (nSPS) is 10.7. The fourth-order valence-corrected chi connectivity index (χ4v) is 2.67. The van der Waals surface area contributed by atoms with E-state index in [2.05, 4.69) is 5.32 Å². The molecule has 1 aromatic heterocycles. The molecule has 2 aromatic carbocycles. The van der Waals surface area contributed by atoms with Gasteiger partial charge in [-0.25, -0.2) is 0 Å². The van der Waals surface area contributed by atoms with Crippen LogP contribution in [0.25, 0.3) is 10.8 Å². The van der Waals surface area contributed by atoms with Crippen LogP contribution >= 0.6 is 0 Å². The summed E-state index contributed by atoms with van der Waals surface area (Å²) >= 11 is 0. The van der Waals surface area contributed by atoms with Gasteiger partial charge in [0, 0.05) is 18.5 Å². The van der Waals surface area contributed by atoms with Crippen LogP contribution in [0, 0.1) is 0 Å². The summed E-state index contributed by atoms with van der Waals surface area (Å²) in [5.41, 5.74) is 1.29. The first-order valence-electron chi connectivity index (χ1n) is 7.65. The molecule has 0 aliphatic carbocycles. The van der Waals surface area contributed by atoms with Crippen molar-refractivity contribution < 1.29 is 4.79 Å². The maximum Gasteiger partial charge on any atom is 0.268 e. The van der Waals surface area contributed by atoms with E-state index < -0.39 is 0 Å². The minimum Gasteiger partial charge on any atom is -0.347 e. The molecule has 4 nitrogen and oxygen atoms in total. The van der Waals surface area contributed by atoms with Gasteiger partial charge in [0.2, 0.25) is 0 Å². The average Bonchev–Trinajstić information content (AvgIpc) is 2.60. The van der Waals surface area contributed by atoms with Gasteiger partial charge in [-0.3, -0.25) is 9.59 Å². The summed E-state index contributed by atoms with van der Waals surface area (Å²) in [6, 6.07) is 18.8. The van der Waals surface area contributed by atoms with Crippen molar-refractivity contribution in [2.45, 2.75) is 20.0 Å². The lowest BCUT2D eigenvalue weighted by molar-refractivity contribution is 0.0940. The second kappa shape index (κ2) is 6.48. The molecule has 0 aliphatic heterocycles. The molecular formula is C19H18N2O2. The van der Waals surface area contributed by atoms with E-state index in [-0.39, 0.29) is 11.5 Å². The first kappa shape index (κ1) is 15.0. The molecule has 0 saturated heterocycles. The molecule has 0 unspecified atom stereocenters. The molecule has 23 heavy (non-hydrogen) atoms. The molecule has 0 aliphatic rings. The van der Waals surface area contributed by atoms with Crippen LogP contribution in [0.3, 0.4) is 0 Å². The maximum absolute atomic E-state index is 12.5. The van der Waals surface area contributed by atoms with Gasteiger partial charge in [-0.05, 0) is 30.0 Å². The molecule has 3 rings (SSSR count). The van der Waals surface area contributed by atoms with E-state index in [1.807, 2.05) is 55.5 Å². The van der Waals surface area contributed by atoms with Crippen molar-refractivity contribution in [1.29, 1.82) is 0 Å². The predicted molar refractivity (Wildman–Crippen MR) is 91.5 cm³/mol. The van der Waals surface area contributed by atoms with Crippen molar-refractivity contribution in [3.8, 4) is 0 Å². The van der Waals surface area contributed by atoms with E-state index in [0.717, 1.165) is 10.9 Å². The highest BCUT2D eigenvalue weighted by Crippen LogP contribution is 2.12. The van der Waals surface area contributed by atoms with Crippen LogP contribution in [-0.2, 0) is 13.1 Å². The fraction of sp³-hybridized carbons (Fsp3) is 0.158. The number of rotatable bonds is 4. The van der Waals surface area contributed by atoms with Crippen molar-refractivity contribution >= 4 is 16.7 Å². The summed E-state index contributed by atoms with van der Waals surface area (Å²) in [4.78, 5) is 25.1. The van der Waals surface area contributed by atoms with Crippen LogP contribution in [0.2, 0.25) is 0 Å². The number of carbonyl (C=O) groups excluding carboxylic acids is 1. The SMILES string of the molecule is CCn1c(C(=O)NCc2ccccc2)cc2ccccc2c1=O. The first-order valence-corrected chi connectivity index (χ1v) is 7.65. The van der Waals surface area contributed by atoms with Crippen molar-refractivity contribution in [1.82, 2.24) is 9.88 Å². The number of amides is 1. The van der Waals surface area contributed by atoms with Gasteiger partial charge in [-0.2, -0.15) is 0 Å². The molecule has 0 bridgehead atoms. The fourth-order valence-electron chi connectivity index (χ4n) is 2.67.